The second kappa shape index (κ2) is 10.0. The van der Waals surface area contributed by atoms with Gasteiger partial charge in [0.2, 0.25) is 5.82 Å². The Bertz CT molecular complexity index is 1280. The van der Waals surface area contributed by atoms with Gasteiger partial charge in [0.05, 0.1) is 25.8 Å². The Kier molecular flexibility index (Phi) is 7.19. The lowest BCUT2D eigenvalue weighted by molar-refractivity contribution is -0.149. The molecule has 0 aliphatic carbocycles. The highest BCUT2D eigenvalue weighted by Gasteiger charge is 2.43. The number of nitrogens with zero attached hydrogens (tertiary/aromatic N) is 3. The molecule has 0 bridgehead atoms. The second-order valence-electron chi connectivity index (χ2n) is 7.69. The molecule has 0 amide bonds. The lowest BCUT2D eigenvalue weighted by Crippen LogP contribution is -2.20. The summed E-state index contributed by atoms with van der Waals surface area (Å²) in [5.41, 5.74) is -1.42. The molecule has 7 nitrogen and oxygen atoms in total. The number of hydrogen-bond acceptors (Lipinski definition) is 6. The van der Waals surface area contributed by atoms with Crippen LogP contribution in [0.4, 0.5) is 22.0 Å². The van der Waals surface area contributed by atoms with Crippen LogP contribution in [0.3, 0.4) is 0 Å². The number of fused-ring (bicyclic) bond motifs is 3. The molecule has 0 saturated carbocycles. The Morgan fingerprint density at radius 2 is 1.94 bits per heavy atom. The van der Waals surface area contributed by atoms with E-state index in [-0.39, 0.29) is 34.3 Å². The summed E-state index contributed by atoms with van der Waals surface area (Å²) in [6.45, 7) is 1.59. The fraction of sp³-hybridized carbons (Fsp3) is 0.348. The highest BCUT2D eigenvalue weighted by atomic mass is 35.5. The SMILES string of the molecule is CCOC(=O)C[C@H]1O[C@H](c2cccc(OC)c2C(F)(F)F)c2cc(Cl)ccc2-n2c(C(F)F)nnc21. The number of carbonyl (C=O) groups is 1. The van der Waals surface area contributed by atoms with E-state index in [1.54, 1.807) is 6.92 Å². The molecule has 2 atom stereocenters. The number of hydrogen-bond donors (Lipinski definition) is 0. The molecule has 13 heteroatoms. The second-order valence-corrected chi connectivity index (χ2v) is 8.13. The van der Waals surface area contributed by atoms with E-state index in [1.807, 2.05) is 0 Å². The first-order valence-electron chi connectivity index (χ1n) is 10.6. The van der Waals surface area contributed by atoms with Crippen LogP contribution < -0.4 is 4.74 Å². The number of ether oxygens (including phenoxy) is 3. The predicted molar refractivity (Wildman–Crippen MR) is 116 cm³/mol. The first-order chi connectivity index (χ1) is 17.1. The Hall–Kier alpha value is -3.25. The van der Waals surface area contributed by atoms with Gasteiger partial charge in [-0.1, -0.05) is 23.7 Å². The first-order valence-corrected chi connectivity index (χ1v) is 11.0. The first kappa shape index (κ1) is 25.8. The van der Waals surface area contributed by atoms with Crippen molar-refractivity contribution in [3.63, 3.8) is 0 Å². The molecule has 3 aromatic rings. The third kappa shape index (κ3) is 4.74. The maximum Gasteiger partial charge on any atom is 0.420 e. The van der Waals surface area contributed by atoms with Gasteiger partial charge in [-0.25, -0.2) is 8.78 Å². The minimum absolute atomic E-state index is 0.0217. The summed E-state index contributed by atoms with van der Waals surface area (Å²) in [7, 11) is 1.09. The quantitative estimate of drug-likeness (QED) is 0.287. The van der Waals surface area contributed by atoms with Crippen molar-refractivity contribution in [3.8, 4) is 11.4 Å². The largest absolute Gasteiger partial charge is 0.496 e. The number of alkyl halides is 5. The maximum atomic E-state index is 14.2. The summed E-state index contributed by atoms with van der Waals surface area (Å²) < 4.78 is 87.4. The molecule has 1 aromatic heterocycles. The van der Waals surface area contributed by atoms with Gasteiger partial charge in [-0.2, -0.15) is 13.2 Å². The van der Waals surface area contributed by atoms with Crippen LogP contribution >= 0.6 is 11.6 Å². The average molecular weight is 532 g/mol. The maximum absolute atomic E-state index is 14.2. The van der Waals surface area contributed by atoms with E-state index < -0.39 is 54.3 Å². The highest BCUT2D eigenvalue weighted by Crippen LogP contribution is 2.48. The van der Waals surface area contributed by atoms with E-state index in [0.717, 1.165) is 17.7 Å². The normalized spacial score (nSPS) is 17.4. The Morgan fingerprint density at radius 1 is 1.19 bits per heavy atom. The van der Waals surface area contributed by atoms with E-state index >= 15 is 0 Å². The Balaban J connectivity index is 2.01. The Morgan fingerprint density at radius 3 is 2.58 bits per heavy atom. The fourth-order valence-corrected chi connectivity index (χ4v) is 4.32. The van der Waals surface area contributed by atoms with Crippen molar-refractivity contribution >= 4 is 17.6 Å². The molecule has 0 spiro atoms. The van der Waals surface area contributed by atoms with Crippen molar-refractivity contribution in [3.05, 3.63) is 69.8 Å². The minimum Gasteiger partial charge on any atom is -0.496 e. The lowest BCUT2D eigenvalue weighted by atomic mass is 9.94. The number of esters is 1. The van der Waals surface area contributed by atoms with Gasteiger partial charge >= 0.3 is 12.1 Å². The molecule has 1 aliphatic heterocycles. The van der Waals surface area contributed by atoms with Gasteiger partial charge in [0, 0.05) is 16.1 Å². The van der Waals surface area contributed by atoms with Gasteiger partial charge < -0.3 is 14.2 Å². The van der Waals surface area contributed by atoms with E-state index in [1.165, 1.54) is 30.3 Å². The average Bonchev–Trinajstić information content (AvgIpc) is 3.21. The van der Waals surface area contributed by atoms with E-state index in [4.69, 9.17) is 25.8 Å². The van der Waals surface area contributed by atoms with Gasteiger partial charge in [-0.3, -0.25) is 9.36 Å². The van der Waals surface area contributed by atoms with E-state index in [0.29, 0.717) is 0 Å². The molecule has 36 heavy (non-hydrogen) atoms. The number of benzene rings is 2. The molecular formula is C23H19ClF5N3O4. The predicted octanol–water partition coefficient (Wildman–Crippen LogP) is 6.00. The van der Waals surface area contributed by atoms with Crippen molar-refractivity contribution in [1.29, 1.82) is 0 Å². The number of halogens is 6. The highest BCUT2D eigenvalue weighted by molar-refractivity contribution is 6.30. The summed E-state index contributed by atoms with van der Waals surface area (Å²) in [6.07, 6.45) is -11.4. The molecule has 2 aromatic carbocycles. The number of aromatic nitrogens is 3. The number of rotatable bonds is 6. The Labute approximate surface area is 206 Å². The van der Waals surface area contributed by atoms with Crippen LogP contribution in [-0.2, 0) is 20.4 Å². The van der Waals surface area contributed by atoms with Gasteiger partial charge in [-0.05, 0) is 31.2 Å². The van der Waals surface area contributed by atoms with E-state index in [9.17, 15) is 26.7 Å². The zero-order chi connectivity index (χ0) is 26.2. The van der Waals surface area contributed by atoms with E-state index in [2.05, 4.69) is 10.2 Å². The summed E-state index contributed by atoms with van der Waals surface area (Å²) in [6, 6.07) is 7.72. The standard InChI is InChI=1S/C23H19ClF5N3O4/c1-3-35-17(33)10-16-21-30-31-22(20(25)26)32(21)14-8-7-11(24)9-13(14)19(36-16)12-5-4-6-15(34-2)18(12)23(27,28)29/h4-9,16,19-20H,3,10H2,1-2H3/t16-,19-/m1/s1. The van der Waals surface area contributed by atoms with Gasteiger partial charge in [0.15, 0.2) is 5.82 Å². The summed E-state index contributed by atoms with van der Waals surface area (Å²) in [5, 5.41) is 7.47. The minimum atomic E-state index is -4.86. The lowest BCUT2D eigenvalue weighted by Gasteiger charge is -2.26. The van der Waals surface area contributed by atoms with Crippen molar-refractivity contribution in [1.82, 2.24) is 14.8 Å². The van der Waals surface area contributed by atoms with Crippen LogP contribution in [0, 0.1) is 0 Å². The van der Waals surface area contributed by atoms with Crippen molar-refractivity contribution < 1.29 is 41.0 Å². The monoisotopic (exact) mass is 531 g/mol. The molecule has 0 saturated heterocycles. The summed E-state index contributed by atoms with van der Waals surface area (Å²) >= 11 is 6.17. The molecule has 2 heterocycles. The number of carbonyl (C=O) groups excluding carboxylic acids is 1. The van der Waals surface area contributed by atoms with Crippen molar-refractivity contribution in [2.75, 3.05) is 13.7 Å². The molecular weight excluding hydrogens is 513 g/mol. The van der Waals surface area contributed by atoms with Crippen LogP contribution in [0.25, 0.3) is 5.69 Å². The van der Waals surface area contributed by atoms with Crippen LogP contribution in [0.1, 0.15) is 60.3 Å². The number of methoxy groups -OCH3 is 1. The van der Waals surface area contributed by atoms with Gasteiger partial charge in [-0.15, -0.1) is 10.2 Å². The van der Waals surface area contributed by atoms with Crippen LogP contribution in [0.15, 0.2) is 36.4 Å². The third-order valence-electron chi connectivity index (χ3n) is 5.51. The van der Waals surface area contributed by atoms with Crippen molar-refractivity contribution in [2.45, 2.75) is 38.2 Å². The molecule has 0 unspecified atom stereocenters. The zero-order valence-corrected chi connectivity index (χ0v) is 19.6. The van der Waals surface area contributed by atoms with Gasteiger partial charge in [0.1, 0.15) is 23.5 Å². The molecule has 192 valence electrons. The smallest absolute Gasteiger partial charge is 0.420 e. The molecule has 1 aliphatic rings. The molecule has 0 N–H and O–H groups in total. The molecule has 0 fully saturated rings. The zero-order valence-electron chi connectivity index (χ0n) is 18.9. The van der Waals surface area contributed by atoms with Gasteiger partial charge in [0.25, 0.3) is 6.43 Å². The third-order valence-corrected chi connectivity index (χ3v) is 5.75. The van der Waals surface area contributed by atoms with Crippen molar-refractivity contribution in [2.24, 2.45) is 0 Å². The van der Waals surface area contributed by atoms with Crippen LogP contribution in [0.2, 0.25) is 5.02 Å². The molecule has 0 radical (unpaired) electrons. The topological polar surface area (TPSA) is 75.5 Å². The van der Waals surface area contributed by atoms with Crippen LogP contribution in [-0.4, -0.2) is 34.5 Å². The fourth-order valence-electron chi connectivity index (χ4n) is 4.13. The summed E-state index contributed by atoms with van der Waals surface area (Å²) in [5.74, 6) is -2.19. The molecule has 4 rings (SSSR count). The summed E-state index contributed by atoms with van der Waals surface area (Å²) in [4.78, 5) is 12.3. The van der Waals surface area contributed by atoms with Crippen LogP contribution in [0.5, 0.6) is 5.75 Å².